The van der Waals surface area contributed by atoms with E-state index in [2.05, 4.69) is 15.6 Å². The first kappa shape index (κ1) is 12.9. The lowest BCUT2D eigenvalue weighted by atomic mass is 10.4. The summed E-state index contributed by atoms with van der Waals surface area (Å²) in [6, 6.07) is 1.44. The molecule has 0 aliphatic carbocycles. The van der Waals surface area contributed by atoms with Crippen molar-refractivity contribution in [2.45, 2.75) is 6.92 Å². The summed E-state index contributed by atoms with van der Waals surface area (Å²) in [6.45, 7) is 2.13. The van der Waals surface area contributed by atoms with E-state index >= 15 is 0 Å². The van der Waals surface area contributed by atoms with Crippen molar-refractivity contribution in [2.24, 2.45) is 0 Å². The van der Waals surface area contributed by atoms with Crippen molar-refractivity contribution in [3.8, 4) is 0 Å². The highest BCUT2D eigenvalue weighted by Crippen LogP contribution is 2.21. The lowest BCUT2D eigenvalue weighted by molar-refractivity contribution is -0.118. The van der Waals surface area contributed by atoms with Crippen molar-refractivity contribution in [2.75, 3.05) is 13.1 Å². The Morgan fingerprint density at radius 1 is 1.31 bits per heavy atom. The maximum Gasteiger partial charge on any atom is 0.267 e. The summed E-state index contributed by atoms with van der Waals surface area (Å²) in [6.07, 6.45) is 0. The lowest BCUT2D eigenvalue weighted by Gasteiger charge is -2.03. The number of rotatable bonds is 4. The van der Waals surface area contributed by atoms with Crippen LogP contribution in [0.1, 0.15) is 17.4 Å². The summed E-state index contributed by atoms with van der Waals surface area (Å²) in [4.78, 5) is 24.7. The van der Waals surface area contributed by atoms with Gasteiger partial charge in [0.05, 0.1) is 5.02 Å². The fraction of sp³-hybridized carbons (Fsp3) is 0.333. The molecule has 1 heterocycles. The average Bonchev–Trinajstić information content (AvgIpc) is 2.54. The monoisotopic (exact) mass is 263 g/mol. The van der Waals surface area contributed by atoms with Crippen molar-refractivity contribution >= 4 is 35.0 Å². The van der Waals surface area contributed by atoms with E-state index in [0.29, 0.717) is 18.1 Å². The molecule has 3 N–H and O–H groups in total. The molecule has 0 bridgehead atoms. The third-order valence-corrected chi connectivity index (χ3v) is 2.45. The minimum Gasteiger partial charge on any atom is -0.355 e. The van der Waals surface area contributed by atoms with Gasteiger partial charge in [0.15, 0.2) is 0 Å². The van der Waals surface area contributed by atoms with E-state index in [0.717, 1.165) is 0 Å². The first-order valence-corrected chi connectivity index (χ1v) is 5.33. The molecule has 0 aliphatic heterocycles. The molecule has 16 heavy (non-hydrogen) atoms. The van der Waals surface area contributed by atoms with E-state index in [1.54, 1.807) is 0 Å². The zero-order chi connectivity index (χ0) is 12.1. The van der Waals surface area contributed by atoms with Gasteiger partial charge in [-0.3, -0.25) is 9.59 Å². The zero-order valence-corrected chi connectivity index (χ0v) is 10.1. The van der Waals surface area contributed by atoms with Gasteiger partial charge in [-0.05, 0) is 6.07 Å². The molecule has 1 rings (SSSR count). The Kier molecular flexibility index (Phi) is 4.64. The predicted octanol–water partition coefficient (Wildman–Crippen LogP) is 1.19. The molecule has 1 aromatic heterocycles. The van der Waals surface area contributed by atoms with Gasteiger partial charge in [0.25, 0.3) is 5.91 Å². The molecule has 0 saturated carbocycles. The minimum atomic E-state index is -0.320. The summed E-state index contributed by atoms with van der Waals surface area (Å²) < 4.78 is 0. The molecular formula is C9H11Cl2N3O2. The Hall–Kier alpha value is -1.20. The van der Waals surface area contributed by atoms with Gasteiger partial charge in [0.1, 0.15) is 10.8 Å². The molecule has 7 heteroatoms. The Morgan fingerprint density at radius 3 is 2.44 bits per heavy atom. The first-order chi connectivity index (χ1) is 7.50. The van der Waals surface area contributed by atoms with Gasteiger partial charge in [-0.2, -0.15) is 0 Å². The maximum absolute atomic E-state index is 11.5. The molecule has 5 nitrogen and oxygen atoms in total. The number of halogens is 2. The van der Waals surface area contributed by atoms with Crippen LogP contribution in [0.3, 0.4) is 0 Å². The molecule has 0 atom stereocenters. The number of hydrogen-bond acceptors (Lipinski definition) is 2. The highest BCUT2D eigenvalue weighted by atomic mass is 35.5. The second-order valence-corrected chi connectivity index (χ2v) is 3.87. The molecule has 2 amide bonds. The fourth-order valence-corrected chi connectivity index (χ4v) is 1.35. The Bertz CT molecular complexity index is 384. The standard InChI is InChI=1S/C9H11Cl2N3O2/c1-5(15)12-2-3-13-9(16)7-4-6(10)8(11)14-7/h4,14H,2-3H2,1H3,(H,12,15)(H,13,16). The van der Waals surface area contributed by atoms with Gasteiger partial charge in [-0.15, -0.1) is 0 Å². The zero-order valence-electron chi connectivity index (χ0n) is 8.56. The molecule has 0 fully saturated rings. The highest BCUT2D eigenvalue weighted by molar-refractivity contribution is 6.41. The minimum absolute atomic E-state index is 0.139. The number of aromatic nitrogens is 1. The SMILES string of the molecule is CC(=O)NCCNC(=O)c1cc(Cl)c(Cl)[nH]1. The molecular weight excluding hydrogens is 253 g/mol. The van der Waals surface area contributed by atoms with Gasteiger partial charge in [-0.1, -0.05) is 23.2 Å². The molecule has 0 unspecified atom stereocenters. The molecule has 0 aromatic carbocycles. The van der Waals surface area contributed by atoms with Crippen molar-refractivity contribution < 1.29 is 9.59 Å². The van der Waals surface area contributed by atoms with Gasteiger partial charge in [0.2, 0.25) is 5.91 Å². The number of H-pyrrole nitrogens is 1. The summed E-state index contributed by atoms with van der Waals surface area (Å²) in [7, 11) is 0. The van der Waals surface area contributed by atoms with Crippen LogP contribution in [0.5, 0.6) is 0 Å². The number of nitrogens with one attached hydrogen (secondary N) is 3. The second kappa shape index (κ2) is 5.77. The number of amides is 2. The normalized spacial score (nSPS) is 9.94. The first-order valence-electron chi connectivity index (χ1n) is 4.57. The number of hydrogen-bond donors (Lipinski definition) is 3. The Labute approximate surface area is 102 Å². The fourth-order valence-electron chi connectivity index (χ4n) is 1.04. The number of aromatic amines is 1. The van der Waals surface area contributed by atoms with Crippen LogP contribution in [0.15, 0.2) is 6.07 Å². The molecule has 0 saturated heterocycles. The van der Waals surface area contributed by atoms with Crippen LogP contribution in [-0.4, -0.2) is 29.9 Å². The van der Waals surface area contributed by atoms with Crippen LogP contribution in [0.4, 0.5) is 0 Å². The van der Waals surface area contributed by atoms with Gasteiger partial charge < -0.3 is 15.6 Å². The third kappa shape index (κ3) is 3.75. The topological polar surface area (TPSA) is 74.0 Å². The van der Waals surface area contributed by atoms with Crippen LogP contribution in [0, 0.1) is 0 Å². The van der Waals surface area contributed by atoms with Crippen LogP contribution < -0.4 is 10.6 Å². The van der Waals surface area contributed by atoms with E-state index in [9.17, 15) is 9.59 Å². The van der Waals surface area contributed by atoms with Crippen LogP contribution in [0.25, 0.3) is 0 Å². The van der Waals surface area contributed by atoms with Crippen LogP contribution in [-0.2, 0) is 4.79 Å². The quantitative estimate of drug-likeness (QED) is 0.714. The largest absolute Gasteiger partial charge is 0.355 e. The number of carbonyl (C=O) groups excluding carboxylic acids is 2. The van der Waals surface area contributed by atoms with Crippen molar-refractivity contribution in [3.63, 3.8) is 0 Å². The Morgan fingerprint density at radius 2 is 1.94 bits per heavy atom. The molecule has 0 radical (unpaired) electrons. The van der Waals surface area contributed by atoms with Gasteiger partial charge >= 0.3 is 0 Å². The molecule has 88 valence electrons. The van der Waals surface area contributed by atoms with E-state index in [1.807, 2.05) is 0 Å². The smallest absolute Gasteiger partial charge is 0.267 e. The molecule has 0 spiro atoms. The maximum atomic E-state index is 11.5. The number of carbonyl (C=O) groups is 2. The molecule has 1 aromatic rings. The van der Waals surface area contributed by atoms with E-state index in [1.165, 1.54) is 13.0 Å². The summed E-state index contributed by atoms with van der Waals surface area (Å²) in [5.41, 5.74) is 0.290. The van der Waals surface area contributed by atoms with Gasteiger partial charge in [-0.25, -0.2) is 0 Å². The third-order valence-electron chi connectivity index (χ3n) is 1.75. The summed E-state index contributed by atoms with van der Waals surface area (Å²) in [5.74, 6) is -0.459. The Balaban J connectivity index is 2.38. The van der Waals surface area contributed by atoms with Gasteiger partial charge in [0, 0.05) is 20.0 Å². The predicted molar refractivity (Wildman–Crippen MR) is 61.8 cm³/mol. The van der Waals surface area contributed by atoms with Crippen molar-refractivity contribution in [1.29, 1.82) is 0 Å². The van der Waals surface area contributed by atoms with E-state index < -0.39 is 0 Å². The van der Waals surface area contributed by atoms with Crippen LogP contribution in [0.2, 0.25) is 10.2 Å². The van der Waals surface area contributed by atoms with Crippen molar-refractivity contribution in [1.82, 2.24) is 15.6 Å². The van der Waals surface area contributed by atoms with Crippen LogP contribution >= 0.6 is 23.2 Å². The average molecular weight is 264 g/mol. The summed E-state index contributed by atoms with van der Waals surface area (Å²) in [5, 5.41) is 5.68. The van der Waals surface area contributed by atoms with E-state index in [-0.39, 0.29) is 22.7 Å². The lowest BCUT2D eigenvalue weighted by Crippen LogP contribution is -2.33. The van der Waals surface area contributed by atoms with Crippen molar-refractivity contribution in [3.05, 3.63) is 21.9 Å². The summed E-state index contributed by atoms with van der Waals surface area (Å²) >= 11 is 11.3. The van der Waals surface area contributed by atoms with E-state index in [4.69, 9.17) is 23.2 Å². The second-order valence-electron chi connectivity index (χ2n) is 3.08. The highest BCUT2D eigenvalue weighted by Gasteiger charge is 2.10. The molecule has 0 aliphatic rings.